The van der Waals surface area contributed by atoms with E-state index in [4.69, 9.17) is 0 Å². The first-order valence-corrected chi connectivity index (χ1v) is 17.6. The van der Waals surface area contributed by atoms with E-state index in [1.54, 1.807) is 18.2 Å². The highest BCUT2D eigenvalue weighted by molar-refractivity contribution is 7.89. The Balaban J connectivity index is 1.38. The van der Waals surface area contributed by atoms with Gasteiger partial charge in [0.05, 0.1) is 11.4 Å². The lowest BCUT2D eigenvalue weighted by Gasteiger charge is -2.40. The monoisotopic (exact) mass is 668 g/mol. The predicted molar refractivity (Wildman–Crippen MR) is 189 cm³/mol. The van der Waals surface area contributed by atoms with E-state index in [1.165, 1.54) is 4.31 Å². The molecule has 0 aromatic heterocycles. The molecule has 1 unspecified atom stereocenters. The molecule has 0 saturated heterocycles. The summed E-state index contributed by atoms with van der Waals surface area (Å²) in [5.74, 6) is 2.12. The molecule has 0 fully saturated rings. The van der Waals surface area contributed by atoms with Gasteiger partial charge >= 0.3 is 0 Å². The molecule has 10 heteroatoms. The third-order valence-corrected chi connectivity index (χ3v) is 9.63. The fourth-order valence-corrected chi connectivity index (χ4v) is 7.17. The molecule has 4 rings (SSSR count). The molecule has 0 aliphatic heterocycles. The van der Waals surface area contributed by atoms with Crippen molar-refractivity contribution in [3.05, 3.63) is 114 Å². The Morgan fingerprint density at radius 1 is 0.854 bits per heavy atom. The maximum absolute atomic E-state index is 14.2. The van der Waals surface area contributed by atoms with Crippen molar-refractivity contribution in [1.82, 2.24) is 20.3 Å². The highest BCUT2D eigenvalue weighted by atomic mass is 32.2. The number of carbonyl (C=O) groups excluding carboxylic acids is 2. The van der Waals surface area contributed by atoms with Crippen LogP contribution in [0.2, 0.25) is 0 Å². The molecule has 0 heterocycles. The molecule has 0 radical (unpaired) electrons. The Morgan fingerprint density at radius 2 is 1.50 bits per heavy atom. The van der Waals surface area contributed by atoms with E-state index in [9.17, 15) is 23.1 Å². The number of hydrogen-bond donors (Lipinski definition) is 4. The Hall–Kier alpha value is -4.53. The van der Waals surface area contributed by atoms with Gasteiger partial charge in [0.1, 0.15) is 5.72 Å². The van der Waals surface area contributed by atoms with Crippen LogP contribution in [0, 0.1) is 17.9 Å². The second-order valence-corrected chi connectivity index (χ2v) is 14.0. The molecular weight excluding hydrogens is 625 g/mol. The SMILES string of the molecule is CC(C)CN(C(O)(CCNC(=O)CCC#CNC(=O)CNCc1ccccc1)Cc1ccccc1)S(=O)(=O)c1ccc2ccccc2c1. The van der Waals surface area contributed by atoms with E-state index in [-0.39, 0.29) is 67.9 Å². The smallest absolute Gasteiger partial charge is 0.245 e. The average molecular weight is 669 g/mol. The fraction of sp³-hybridized carbons (Fsp3) is 0.316. The van der Waals surface area contributed by atoms with Gasteiger partial charge in [-0.05, 0) is 39.9 Å². The lowest BCUT2D eigenvalue weighted by molar-refractivity contribution is -0.121. The maximum atomic E-state index is 14.2. The van der Waals surface area contributed by atoms with E-state index in [1.807, 2.05) is 98.8 Å². The van der Waals surface area contributed by atoms with Crippen LogP contribution in [0.4, 0.5) is 0 Å². The zero-order valence-corrected chi connectivity index (χ0v) is 28.3. The first-order valence-electron chi connectivity index (χ1n) is 16.1. The first kappa shape index (κ1) is 36.3. The van der Waals surface area contributed by atoms with Crippen LogP contribution in [0.3, 0.4) is 0 Å². The van der Waals surface area contributed by atoms with Gasteiger partial charge in [0, 0.05) is 51.4 Å². The van der Waals surface area contributed by atoms with Gasteiger partial charge in [-0.15, -0.1) is 0 Å². The second-order valence-electron chi connectivity index (χ2n) is 12.1. The normalized spacial score (nSPS) is 12.7. The van der Waals surface area contributed by atoms with Crippen LogP contribution < -0.4 is 16.0 Å². The zero-order valence-electron chi connectivity index (χ0n) is 27.5. The summed E-state index contributed by atoms with van der Waals surface area (Å²) in [5.41, 5.74) is 0.00335. The van der Waals surface area contributed by atoms with Crippen LogP contribution in [0.25, 0.3) is 10.8 Å². The molecule has 0 bridgehead atoms. The van der Waals surface area contributed by atoms with Crippen molar-refractivity contribution in [3.63, 3.8) is 0 Å². The molecule has 48 heavy (non-hydrogen) atoms. The van der Waals surface area contributed by atoms with E-state index < -0.39 is 15.7 Å². The second kappa shape index (κ2) is 17.6. The van der Waals surface area contributed by atoms with Crippen molar-refractivity contribution < 1.29 is 23.1 Å². The lowest BCUT2D eigenvalue weighted by Crippen LogP contribution is -2.55. The van der Waals surface area contributed by atoms with E-state index in [0.717, 1.165) is 21.9 Å². The first-order chi connectivity index (χ1) is 23.1. The standard InChI is InChI=1S/C38H44N4O5S/c1-30(2)29-42(48(46,47)35-21-20-33-17-9-10-18-34(33)25-35)38(45,26-31-13-5-3-6-14-31)22-24-41-36(43)19-11-12-23-40-37(44)28-39-27-32-15-7-4-8-16-32/h3-10,13-18,20-21,25,30,39,45H,11,19,22,24,26-29H2,1-2H3,(H,40,44)(H,41,43). The number of aliphatic hydroxyl groups is 1. The molecule has 2 amide bonds. The van der Waals surface area contributed by atoms with Gasteiger partial charge in [-0.2, -0.15) is 4.31 Å². The van der Waals surface area contributed by atoms with Gasteiger partial charge in [-0.1, -0.05) is 111 Å². The molecule has 4 N–H and O–H groups in total. The maximum Gasteiger partial charge on any atom is 0.245 e. The Bertz CT molecular complexity index is 1820. The van der Waals surface area contributed by atoms with Gasteiger partial charge in [0.15, 0.2) is 0 Å². The number of fused-ring (bicyclic) bond motifs is 1. The molecule has 252 valence electrons. The molecule has 0 saturated carbocycles. The Morgan fingerprint density at radius 3 is 2.19 bits per heavy atom. The van der Waals surface area contributed by atoms with Crippen molar-refractivity contribution in [2.24, 2.45) is 5.92 Å². The molecule has 0 aliphatic carbocycles. The van der Waals surface area contributed by atoms with Crippen molar-refractivity contribution in [3.8, 4) is 12.0 Å². The molecular formula is C38H44N4O5S. The van der Waals surface area contributed by atoms with Crippen molar-refractivity contribution in [1.29, 1.82) is 0 Å². The van der Waals surface area contributed by atoms with E-state index in [0.29, 0.717) is 6.54 Å². The third kappa shape index (κ3) is 10.8. The summed E-state index contributed by atoms with van der Waals surface area (Å²) in [6, 6.07) is 34.0. The summed E-state index contributed by atoms with van der Waals surface area (Å²) in [5, 5.41) is 22.3. The zero-order chi connectivity index (χ0) is 34.4. The summed E-state index contributed by atoms with van der Waals surface area (Å²) in [6.07, 6.45) is 0.296. The summed E-state index contributed by atoms with van der Waals surface area (Å²) >= 11 is 0. The Labute approximate surface area is 283 Å². The van der Waals surface area contributed by atoms with Gasteiger partial charge in [0.25, 0.3) is 0 Å². The molecule has 4 aromatic carbocycles. The highest BCUT2D eigenvalue weighted by Gasteiger charge is 2.43. The number of benzene rings is 4. The number of amides is 2. The van der Waals surface area contributed by atoms with Crippen LogP contribution in [-0.2, 0) is 32.6 Å². The molecule has 0 spiro atoms. The van der Waals surface area contributed by atoms with E-state index >= 15 is 0 Å². The summed E-state index contributed by atoms with van der Waals surface area (Å²) in [7, 11) is -4.15. The third-order valence-electron chi connectivity index (χ3n) is 7.71. The Kier molecular flexibility index (Phi) is 13.3. The van der Waals surface area contributed by atoms with Crippen LogP contribution in [-0.4, -0.2) is 55.0 Å². The number of carbonyl (C=O) groups is 2. The van der Waals surface area contributed by atoms with Crippen molar-refractivity contribution >= 4 is 32.6 Å². The minimum Gasteiger partial charge on any atom is -0.374 e. The van der Waals surface area contributed by atoms with Gasteiger partial charge in [-0.25, -0.2) is 8.42 Å². The largest absolute Gasteiger partial charge is 0.374 e. The topological polar surface area (TPSA) is 128 Å². The van der Waals surface area contributed by atoms with Crippen molar-refractivity contribution in [2.45, 2.75) is 56.7 Å². The van der Waals surface area contributed by atoms with E-state index in [2.05, 4.69) is 27.9 Å². The highest BCUT2D eigenvalue weighted by Crippen LogP contribution is 2.31. The van der Waals surface area contributed by atoms with Crippen LogP contribution >= 0.6 is 0 Å². The minimum absolute atomic E-state index is 0.0363. The molecule has 0 aliphatic rings. The fourth-order valence-electron chi connectivity index (χ4n) is 5.31. The van der Waals surface area contributed by atoms with Crippen LogP contribution in [0.1, 0.15) is 44.2 Å². The summed E-state index contributed by atoms with van der Waals surface area (Å²) in [6.45, 7) is 4.60. The number of nitrogens with zero attached hydrogens (tertiary/aromatic N) is 1. The molecule has 4 aromatic rings. The predicted octanol–water partition coefficient (Wildman–Crippen LogP) is 4.57. The van der Waals surface area contributed by atoms with Gasteiger partial charge in [0.2, 0.25) is 21.8 Å². The quantitative estimate of drug-likeness (QED) is 0.0787. The summed E-state index contributed by atoms with van der Waals surface area (Å²) in [4.78, 5) is 24.8. The van der Waals surface area contributed by atoms with Gasteiger partial charge in [-0.3, -0.25) is 14.9 Å². The average Bonchev–Trinajstić information content (AvgIpc) is 3.07. The number of rotatable bonds is 16. The summed E-state index contributed by atoms with van der Waals surface area (Å²) < 4.78 is 29.7. The number of sulfonamides is 1. The van der Waals surface area contributed by atoms with Gasteiger partial charge < -0.3 is 15.7 Å². The number of nitrogens with one attached hydrogen (secondary N) is 3. The van der Waals surface area contributed by atoms with Crippen molar-refractivity contribution in [2.75, 3.05) is 19.6 Å². The lowest BCUT2D eigenvalue weighted by atomic mass is 9.98. The molecule has 9 nitrogen and oxygen atoms in total. The van der Waals surface area contributed by atoms with Crippen LogP contribution in [0.15, 0.2) is 108 Å². The van der Waals surface area contributed by atoms with Crippen LogP contribution in [0.5, 0.6) is 0 Å². The number of hydrogen-bond acceptors (Lipinski definition) is 6. The minimum atomic E-state index is -4.15. The molecule has 1 atom stereocenters.